The number of amides is 2. The number of carbonyl (C=O) groups is 3. The summed E-state index contributed by atoms with van der Waals surface area (Å²) in [5, 5.41) is 33.2. The number of anilines is 2. The number of nitrogens with one attached hydrogen (secondary N) is 3. The van der Waals surface area contributed by atoms with Crippen LogP contribution in [0, 0.1) is 0 Å². The molecule has 1 atom stereocenters. The van der Waals surface area contributed by atoms with Gasteiger partial charge in [-0.25, -0.2) is 0 Å². The number of carbonyl (C=O) groups excluding carboxylic acids is 2. The van der Waals surface area contributed by atoms with Gasteiger partial charge in [0.15, 0.2) is 0 Å². The highest BCUT2D eigenvalue weighted by atomic mass is 16.4. The average molecular weight is 625 g/mol. The van der Waals surface area contributed by atoms with Crippen LogP contribution in [0.4, 0.5) is 11.5 Å². The topological polar surface area (TPSA) is 137 Å². The highest BCUT2D eigenvalue weighted by Crippen LogP contribution is 2.36. The van der Waals surface area contributed by atoms with E-state index in [2.05, 4.69) is 68.6 Å². The Hall–Kier alpha value is -6.03. The van der Waals surface area contributed by atoms with Gasteiger partial charge in [-0.15, -0.1) is 5.10 Å². The maximum atomic E-state index is 13.4. The molecule has 1 aliphatic heterocycles. The first-order chi connectivity index (χ1) is 23.0. The Kier molecular flexibility index (Phi) is 8.06. The normalized spacial score (nSPS) is 14.4. The first-order valence-electron chi connectivity index (χ1n) is 15.5. The maximum absolute atomic E-state index is 13.4. The number of fused-ring (bicyclic) bond motifs is 6. The number of benzene rings is 5. The predicted octanol–water partition coefficient (Wildman–Crippen LogP) is 5.26. The highest BCUT2D eigenvalue weighted by Gasteiger charge is 2.33. The predicted molar refractivity (Wildman–Crippen MR) is 182 cm³/mol. The monoisotopic (exact) mass is 624 g/mol. The van der Waals surface area contributed by atoms with Crippen molar-refractivity contribution in [3.8, 4) is 0 Å². The molecule has 10 heteroatoms. The third kappa shape index (κ3) is 6.00. The number of hydrogen-bond acceptors (Lipinski definition) is 7. The smallest absolute Gasteiger partial charge is 0.305 e. The van der Waals surface area contributed by atoms with E-state index in [-0.39, 0.29) is 24.8 Å². The molecule has 0 radical (unpaired) electrons. The molecule has 2 heterocycles. The standard InChI is InChI=1S/C37H32N6O4/c44-34(45)20-32-37(47)40-21-27-19-25(36(46)39-18-17-38-33-9-4-16-41-42-33)12-15-31(27)43(32)22-26-7-3-6-24-11-13-29-28-8-2-1-5-23(28)10-14-30(29)35(24)26/h1-16,19,32H,17-18,20-22H2,(H,38,42)(H,39,46)(H,40,47)(H,44,45). The van der Waals surface area contributed by atoms with Crippen LogP contribution in [0.15, 0.2) is 103 Å². The lowest BCUT2D eigenvalue weighted by Gasteiger charge is -2.31. The van der Waals surface area contributed by atoms with E-state index in [4.69, 9.17) is 0 Å². The van der Waals surface area contributed by atoms with Crippen molar-refractivity contribution < 1.29 is 19.5 Å². The van der Waals surface area contributed by atoms with Gasteiger partial charge in [0.05, 0.1) is 6.42 Å². The first-order valence-corrected chi connectivity index (χ1v) is 15.5. The van der Waals surface area contributed by atoms with Crippen molar-refractivity contribution in [2.24, 2.45) is 0 Å². The summed E-state index contributed by atoms with van der Waals surface area (Å²) in [6.07, 6.45) is 1.22. The van der Waals surface area contributed by atoms with Crippen LogP contribution in [0.5, 0.6) is 0 Å². The molecule has 47 heavy (non-hydrogen) atoms. The molecule has 0 aliphatic carbocycles. The average Bonchev–Trinajstić information content (AvgIpc) is 3.22. The molecular weight excluding hydrogens is 592 g/mol. The van der Waals surface area contributed by atoms with Crippen LogP contribution in [0.25, 0.3) is 32.3 Å². The van der Waals surface area contributed by atoms with Gasteiger partial charge in [0, 0.05) is 43.6 Å². The number of rotatable bonds is 9. The summed E-state index contributed by atoms with van der Waals surface area (Å²) < 4.78 is 0. The van der Waals surface area contributed by atoms with Crippen molar-refractivity contribution in [1.29, 1.82) is 0 Å². The van der Waals surface area contributed by atoms with Crippen molar-refractivity contribution in [1.82, 2.24) is 20.8 Å². The van der Waals surface area contributed by atoms with Crippen LogP contribution in [0.1, 0.15) is 27.9 Å². The number of carboxylic acids is 1. The van der Waals surface area contributed by atoms with Gasteiger partial charge in [0.1, 0.15) is 11.9 Å². The number of aliphatic carboxylic acids is 1. The molecular formula is C37H32N6O4. The molecule has 4 N–H and O–H groups in total. The van der Waals surface area contributed by atoms with Crippen molar-refractivity contribution in [2.75, 3.05) is 23.3 Å². The van der Waals surface area contributed by atoms with E-state index in [1.165, 1.54) is 0 Å². The second-order valence-corrected chi connectivity index (χ2v) is 11.6. The van der Waals surface area contributed by atoms with E-state index in [1.54, 1.807) is 30.5 Å². The lowest BCUT2D eigenvalue weighted by atomic mass is 9.93. The van der Waals surface area contributed by atoms with E-state index >= 15 is 0 Å². The Bertz CT molecular complexity index is 2150. The molecule has 0 saturated carbocycles. The van der Waals surface area contributed by atoms with Crippen LogP contribution < -0.4 is 20.9 Å². The number of nitrogens with zero attached hydrogens (tertiary/aromatic N) is 3. The number of carboxylic acid groups (broad SMARTS) is 1. The first kappa shape index (κ1) is 29.7. The minimum absolute atomic E-state index is 0.167. The third-order valence-electron chi connectivity index (χ3n) is 8.63. The zero-order valence-corrected chi connectivity index (χ0v) is 25.4. The quantitative estimate of drug-likeness (QED) is 0.126. The molecule has 1 aliphatic rings. The van der Waals surface area contributed by atoms with E-state index in [0.29, 0.717) is 36.7 Å². The Morgan fingerprint density at radius 1 is 0.872 bits per heavy atom. The van der Waals surface area contributed by atoms with Crippen molar-refractivity contribution in [3.63, 3.8) is 0 Å². The van der Waals surface area contributed by atoms with Crippen molar-refractivity contribution in [3.05, 3.63) is 120 Å². The van der Waals surface area contributed by atoms with Crippen LogP contribution in [0.3, 0.4) is 0 Å². The summed E-state index contributed by atoms with van der Waals surface area (Å²) in [7, 11) is 0. The Morgan fingerprint density at radius 3 is 2.55 bits per heavy atom. The molecule has 2 amide bonds. The maximum Gasteiger partial charge on any atom is 0.305 e. The molecule has 1 aromatic heterocycles. The molecule has 5 aromatic carbocycles. The van der Waals surface area contributed by atoms with Gasteiger partial charge >= 0.3 is 5.97 Å². The van der Waals surface area contributed by atoms with E-state index in [1.807, 2.05) is 35.2 Å². The third-order valence-corrected chi connectivity index (χ3v) is 8.63. The fourth-order valence-corrected chi connectivity index (χ4v) is 6.46. The number of aromatic nitrogens is 2. The molecule has 0 saturated heterocycles. The summed E-state index contributed by atoms with van der Waals surface area (Å²) in [6.45, 7) is 1.29. The van der Waals surface area contributed by atoms with Crippen LogP contribution in [-0.2, 0) is 22.7 Å². The minimum Gasteiger partial charge on any atom is -0.481 e. The lowest BCUT2D eigenvalue weighted by Crippen LogP contribution is -2.45. The number of hydrogen-bond donors (Lipinski definition) is 4. The fourth-order valence-electron chi connectivity index (χ4n) is 6.46. The molecule has 0 spiro atoms. The highest BCUT2D eigenvalue weighted by molar-refractivity contribution is 6.18. The van der Waals surface area contributed by atoms with Gasteiger partial charge in [0.2, 0.25) is 5.91 Å². The van der Waals surface area contributed by atoms with E-state index in [9.17, 15) is 19.5 Å². The summed E-state index contributed by atoms with van der Waals surface area (Å²) >= 11 is 0. The molecule has 10 nitrogen and oxygen atoms in total. The molecule has 7 rings (SSSR count). The Balaban J connectivity index is 1.23. The zero-order valence-electron chi connectivity index (χ0n) is 25.4. The summed E-state index contributed by atoms with van der Waals surface area (Å²) in [5.74, 6) is -1.09. The molecule has 0 fully saturated rings. The molecule has 234 valence electrons. The lowest BCUT2D eigenvalue weighted by molar-refractivity contribution is -0.139. The summed E-state index contributed by atoms with van der Waals surface area (Å²) in [5.41, 5.74) is 2.85. The SMILES string of the molecule is O=C(O)CC1C(=O)NCc2cc(C(=O)NCCNc3cccnn3)ccc2N1Cc1cccc2ccc3c4ccccc4ccc3c12. The second kappa shape index (κ2) is 12.8. The molecule has 1 unspecified atom stereocenters. The largest absolute Gasteiger partial charge is 0.481 e. The van der Waals surface area contributed by atoms with Gasteiger partial charge in [-0.05, 0) is 73.8 Å². The van der Waals surface area contributed by atoms with Crippen LogP contribution in [-0.4, -0.2) is 52.2 Å². The van der Waals surface area contributed by atoms with E-state index in [0.717, 1.165) is 43.4 Å². The van der Waals surface area contributed by atoms with Crippen LogP contribution in [0.2, 0.25) is 0 Å². The Labute approximate surface area is 270 Å². The van der Waals surface area contributed by atoms with E-state index < -0.39 is 12.0 Å². The minimum atomic E-state index is -1.07. The van der Waals surface area contributed by atoms with Gasteiger partial charge in [-0.3, -0.25) is 14.4 Å². The Morgan fingerprint density at radius 2 is 1.70 bits per heavy atom. The van der Waals surface area contributed by atoms with Crippen molar-refractivity contribution in [2.45, 2.75) is 25.6 Å². The molecule has 0 bridgehead atoms. The van der Waals surface area contributed by atoms with Gasteiger partial charge in [-0.2, -0.15) is 5.10 Å². The zero-order chi connectivity index (χ0) is 32.3. The summed E-state index contributed by atoms with van der Waals surface area (Å²) in [4.78, 5) is 40.4. The second-order valence-electron chi connectivity index (χ2n) is 11.6. The van der Waals surface area contributed by atoms with Crippen LogP contribution >= 0.6 is 0 Å². The van der Waals surface area contributed by atoms with Gasteiger partial charge in [-0.1, -0.05) is 66.7 Å². The van der Waals surface area contributed by atoms with Crippen molar-refractivity contribution >= 4 is 61.6 Å². The van der Waals surface area contributed by atoms with Gasteiger partial charge in [0.25, 0.3) is 5.91 Å². The fraction of sp³-hybridized carbons (Fsp3) is 0.162. The summed E-state index contributed by atoms with van der Waals surface area (Å²) in [6, 6.07) is 30.8. The molecule has 6 aromatic rings. The van der Waals surface area contributed by atoms with Gasteiger partial charge < -0.3 is 26.0 Å².